The molecule has 0 fully saturated rings. The average Bonchev–Trinajstić information content (AvgIpc) is 2.97. The van der Waals surface area contributed by atoms with E-state index in [1.54, 1.807) is 0 Å². The third-order valence-electron chi connectivity index (χ3n) is 4.28. The number of aryl methyl sites for hydroxylation is 1. The van der Waals surface area contributed by atoms with Gasteiger partial charge in [-0.05, 0) is 29.8 Å². The maximum atomic E-state index is 13.5. The molecular formula is C21H18F2N2O3. The highest BCUT2D eigenvalue weighted by Crippen LogP contribution is 2.21. The van der Waals surface area contributed by atoms with Crippen LogP contribution in [-0.4, -0.2) is 22.5 Å². The molecule has 0 aliphatic carbocycles. The molecule has 0 saturated carbocycles. The average molecular weight is 384 g/mol. The Bertz CT molecular complexity index is 1070. The molecule has 0 bridgehead atoms. The summed E-state index contributed by atoms with van der Waals surface area (Å²) in [6.45, 7) is 0. The van der Waals surface area contributed by atoms with Crippen molar-refractivity contribution in [2.75, 3.05) is 0 Å². The van der Waals surface area contributed by atoms with Crippen LogP contribution in [0.15, 0.2) is 54.7 Å². The zero-order chi connectivity index (χ0) is 20.3. The Morgan fingerprint density at radius 2 is 1.96 bits per heavy atom. The van der Waals surface area contributed by atoms with Crippen molar-refractivity contribution < 1.29 is 23.1 Å². The number of para-hydroxylation sites is 1. The number of carbonyl (C=O) groups excluding carboxylic acids is 2. The zero-order valence-electron chi connectivity index (χ0n) is 15.1. The van der Waals surface area contributed by atoms with Crippen LogP contribution < -0.4 is 5.73 Å². The van der Waals surface area contributed by atoms with Crippen LogP contribution in [-0.2, 0) is 27.8 Å². The van der Waals surface area contributed by atoms with Gasteiger partial charge in [-0.3, -0.25) is 0 Å². The maximum Gasteiger partial charge on any atom is 0.338 e. The van der Waals surface area contributed by atoms with E-state index in [-0.39, 0.29) is 12.0 Å². The Morgan fingerprint density at radius 1 is 1.21 bits per heavy atom. The number of hydrogen-bond acceptors (Lipinski definition) is 4. The highest BCUT2D eigenvalue weighted by molar-refractivity contribution is 5.96. The molecule has 3 aromatic rings. The van der Waals surface area contributed by atoms with Crippen LogP contribution >= 0.6 is 0 Å². The molecule has 0 radical (unpaired) electrons. The fourth-order valence-electron chi connectivity index (χ4n) is 2.91. The predicted molar refractivity (Wildman–Crippen MR) is 101 cm³/mol. The molecule has 2 N–H and O–H groups in total. The molecule has 3 rings (SSSR count). The molecule has 0 unspecified atom stereocenters. The van der Waals surface area contributed by atoms with E-state index in [1.807, 2.05) is 42.1 Å². The lowest BCUT2D eigenvalue weighted by atomic mass is 10.1. The first kappa shape index (κ1) is 19.4. The maximum absolute atomic E-state index is 13.5. The fourth-order valence-corrected chi connectivity index (χ4v) is 2.91. The summed E-state index contributed by atoms with van der Waals surface area (Å²) in [5.41, 5.74) is 7.73. The van der Waals surface area contributed by atoms with Crippen LogP contribution in [0.25, 0.3) is 17.0 Å². The van der Waals surface area contributed by atoms with Gasteiger partial charge in [0.1, 0.15) is 17.7 Å². The van der Waals surface area contributed by atoms with E-state index in [9.17, 15) is 18.4 Å². The van der Waals surface area contributed by atoms with Gasteiger partial charge in [0.15, 0.2) is 0 Å². The number of nitrogens with zero attached hydrogens (tertiary/aromatic N) is 1. The number of halogens is 2. The van der Waals surface area contributed by atoms with Gasteiger partial charge < -0.3 is 15.0 Å². The Kier molecular flexibility index (Phi) is 5.65. The van der Waals surface area contributed by atoms with Gasteiger partial charge in [-0.1, -0.05) is 18.2 Å². The van der Waals surface area contributed by atoms with Crippen molar-refractivity contribution in [2.24, 2.45) is 12.8 Å². The number of hydrogen-bond donors (Lipinski definition) is 1. The van der Waals surface area contributed by atoms with Crippen molar-refractivity contribution in [3.8, 4) is 0 Å². The highest BCUT2D eigenvalue weighted by Gasteiger charge is 2.20. The lowest BCUT2D eigenvalue weighted by Crippen LogP contribution is -2.35. The van der Waals surface area contributed by atoms with Gasteiger partial charge in [0.05, 0.1) is 0 Å². The number of esters is 2. The summed E-state index contributed by atoms with van der Waals surface area (Å²) in [6, 6.07) is 9.55. The third kappa shape index (κ3) is 4.32. The van der Waals surface area contributed by atoms with Gasteiger partial charge >= 0.3 is 11.9 Å². The van der Waals surface area contributed by atoms with E-state index in [0.717, 1.165) is 34.7 Å². The summed E-state index contributed by atoms with van der Waals surface area (Å²) >= 11 is 0. The number of benzene rings is 2. The molecular weight excluding hydrogens is 366 g/mol. The molecule has 28 heavy (non-hydrogen) atoms. The monoisotopic (exact) mass is 384 g/mol. The summed E-state index contributed by atoms with van der Waals surface area (Å²) < 4.78 is 33.0. The van der Waals surface area contributed by atoms with Gasteiger partial charge in [-0.25, -0.2) is 18.4 Å². The van der Waals surface area contributed by atoms with E-state index >= 15 is 0 Å². The Labute approximate surface area is 160 Å². The number of rotatable bonds is 5. The second kappa shape index (κ2) is 8.14. The SMILES string of the molecule is Cn1cc(C[C@H](N)C(=O)OC(=O)C=Cc2ccc(F)cc2F)c2ccccc21. The minimum Gasteiger partial charge on any atom is -0.389 e. The lowest BCUT2D eigenvalue weighted by molar-refractivity contribution is -0.157. The van der Waals surface area contributed by atoms with Crippen LogP contribution in [0.2, 0.25) is 0 Å². The molecule has 1 atom stereocenters. The number of aromatic nitrogens is 1. The largest absolute Gasteiger partial charge is 0.389 e. The molecule has 0 aliphatic heterocycles. The van der Waals surface area contributed by atoms with Gasteiger partial charge in [0.2, 0.25) is 0 Å². The van der Waals surface area contributed by atoms with Crippen LogP contribution in [0, 0.1) is 11.6 Å². The summed E-state index contributed by atoms with van der Waals surface area (Å²) in [7, 11) is 1.89. The van der Waals surface area contributed by atoms with Gasteiger partial charge in [0.25, 0.3) is 0 Å². The second-order valence-electron chi connectivity index (χ2n) is 6.33. The number of fused-ring (bicyclic) bond motifs is 1. The van der Waals surface area contributed by atoms with Crippen LogP contribution in [0.4, 0.5) is 8.78 Å². The first-order valence-electron chi connectivity index (χ1n) is 8.52. The molecule has 0 amide bonds. The van der Waals surface area contributed by atoms with Gasteiger partial charge in [0, 0.05) is 48.3 Å². The first-order valence-corrected chi connectivity index (χ1v) is 8.52. The molecule has 1 heterocycles. The quantitative estimate of drug-likeness (QED) is 0.417. The van der Waals surface area contributed by atoms with Crippen LogP contribution in [0.5, 0.6) is 0 Å². The molecule has 0 aliphatic rings. The topological polar surface area (TPSA) is 74.3 Å². The summed E-state index contributed by atoms with van der Waals surface area (Å²) in [5, 5.41) is 0.964. The smallest absolute Gasteiger partial charge is 0.338 e. The molecule has 144 valence electrons. The lowest BCUT2D eigenvalue weighted by Gasteiger charge is -2.09. The fraction of sp³-hybridized carbons (Fsp3) is 0.143. The molecule has 5 nitrogen and oxygen atoms in total. The minimum atomic E-state index is -1.04. The van der Waals surface area contributed by atoms with E-state index in [1.165, 1.54) is 6.07 Å². The van der Waals surface area contributed by atoms with Crippen molar-refractivity contribution in [3.63, 3.8) is 0 Å². The van der Waals surface area contributed by atoms with Crippen molar-refractivity contribution in [3.05, 3.63) is 77.5 Å². The molecule has 2 aromatic carbocycles. The number of nitrogens with two attached hydrogens (primary N) is 1. The van der Waals surface area contributed by atoms with E-state index in [4.69, 9.17) is 10.5 Å². The zero-order valence-corrected chi connectivity index (χ0v) is 15.1. The number of carbonyl (C=O) groups is 2. The second-order valence-corrected chi connectivity index (χ2v) is 6.33. The van der Waals surface area contributed by atoms with Crippen LogP contribution in [0.1, 0.15) is 11.1 Å². The molecule has 0 spiro atoms. The molecule has 1 aromatic heterocycles. The Hall–Kier alpha value is -3.32. The third-order valence-corrected chi connectivity index (χ3v) is 4.28. The normalized spacial score (nSPS) is 12.4. The predicted octanol–water partition coefficient (Wildman–Crippen LogP) is 3.11. The molecule has 7 heteroatoms. The molecule has 0 saturated heterocycles. The van der Waals surface area contributed by atoms with Crippen LogP contribution in [0.3, 0.4) is 0 Å². The summed E-state index contributed by atoms with van der Waals surface area (Å²) in [4.78, 5) is 23.9. The van der Waals surface area contributed by atoms with E-state index < -0.39 is 29.6 Å². The Morgan fingerprint density at radius 3 is 2.71 bits per heavy atom. The van der Waals surface area contributed by atoms with Crippen molar-refractivity contribution in [2.45, 2.75) is 12.5 Å². The van der Waals surface area contributed by atoms with Crippen molar-refractivity contribution >= 4 is 28.9 Å². The highest BCUT2D eigenvalue weighted by atomic mass is 19.1. The van der Waals surface area contributed by atoms with E-state index in [2.05, 4.69) is 0 Å². The van der Waals surface area contributed by atoms with Gasteiger partial charge in [-0.15, -0.1) is 0 Å². The number of ether oxygens (including phenoxy) is 1. The van der Waals surface area contributed by atoms with Gasteiger partial charge in [-0.2, -0.15) is 0 Å². The standard InChI is InChI=1S/C21H18F2N2O3/c1-25-12-14(16-4-2-3-5-19(16)25)10-18(24)21(27)28-20(26)9-7-13-6-8-15(22)11-17(13)23/h2-9,11-12,18H,10,24H2,1H3/t18-/m0/s1. The van der Waals surface area contributed by atoms with Crippen molar-refractivity contribution in [1.82, 2.24) is 4.57 Å². The first-order chi connectivity index (χ1) is 13.3. The Balaban J connectivity index is 1.63. The van der Waals surface area contributed by atoms with Crippen molar-refractivity contribution in [1.29, 1.82) is 0 Å². The summed E-state index contributed by atoms with van der Waals surface area (Å²) in [6.07, 6.45) is 4.06. The van der Waals surface area contributed by atoms with E-state index in [0.29, 0.717) is 6.07 Å². The minimum absolute atomic E-state index is 0.00847. The summed E-state index contributed by atoms with van der Waals surface area (Å²) in [5.74, 6) is -3.43.